The highest BCUT2D eigenvalue weighted by Crippen LogP contribution is 2.30. The third-order valence-corrected chi connectivity index (χ3v) is 5.54. The molecule has 0 spiro atoms. The number of benzene rings is 3. The largest absolute Gasteiger partial charge is 0.416 e. The molecule has 0 saturated carbocycles. The van der Waals surface area contributed by atoms with E-state index >= 15 is 0 Å². The van der Waals surface area contributed by atoms with Gasteiger partial charge in [-0.05, 0) is 61.0 Å². The van der Waals surface area contributed by atoms with Gasteiger partial charge < -0.3 is 21.3 Å². The van der Waals surface area contributed by atoms with E-state index in [1.165, 1.54) is 31.5 Å². The Morgan fingerprint density at radius 2 is 1.38 bits per heavy atom. The molecule has 4 aromatic rings. The molecule has 0 unspecified atom stereocenters. The van der Waals surface area contributed by atoms with Gasteiger partial charge in [0.1, 0.15) is 0 Å². The van der Waals surface area contributed by atoms with Crippen molar-refractivity contribution < 1.29 is 27.6 Å². The van der Waals surface area contributed by atoms with Gasteiger partial charge in [-0.15, -0.1) is 0 Å². The van der Waals surface area contributed by atoms with E-state index in [0.29, 0.717) is 22.6 Å². The second kappa shape index (κ2) is 11.6. The fourth-order valence-corrected chi connectivity index (χ4v) is 3.65. The molecule has 12 heteroatoms. The number of alkyl halides is 3. The molecule has 3 amide bonds. The summed E-state index contributed by atoms with van der Waals surface area (Å²) in [7, 11) is 0. The molecule has 1 aromatic heterocycles. The fraction of sp³-hybridized carbons (Fsp3) is 0.107. The molecular weight excluding hydrogens is 525 g/mol. The topological polar surface area (TPSA) is 125 Å². The first kappa shape index (κ1) is 27.8. The predicted molar refractivity (Wildman–Crippen MR) is 145 cm³/mol. The predicted octanol–water partition coefficient (Wildman–Crippen LogP) is 6.01. The zero-order chi connectivity index (χ0) is 28.9. The monoisotopic (exact) mass is 548 g/mol. The van der Waals surface area contributed by atoms with E-state index in [1.807, 2.05) is 0 Å². The van der Waals surface area contributed by atoms with Crippen molar-refractivity contribution in [3.05, 3.63) is 101 Å². The smallest absolute Gasteiger partial charge is 0.326 e. The van der Waals surface area contributed by atoms with Gasteiger partial charge in [-0.1, -0.05) is 18.2 Å². The lowest BCUT2D eigenvalue weighted by Crippen LogP contribution is -2.16. The van der Waals surface area contributed by atoms with Crippen LogP contribution in [0.25, 0.3) is 0 Å². The number of aromatic nitrogens is 2. The van der Waals surface area contributed by atoms with Crippen LogP contribution in [0.1, 0.15) is 38.8 Å². The normalized spacial score (nSPS) is 10.9. The molecule has 9 nitrogen and oxygen atoms in total. The number of carbonyl (C=O) groups excluding carboxylic acids is 3. The van der Waals surface area contributed by atoms with Gasteiger partial charge in [0.15, 0.2) is 0 Å². The fourth-order valence-electron chi connectivity index (χ4n) is 3.65. The minimum Gasteiger partial charge on any atom is -0.326 e. The molecule has 1 heterocycles. The van der Waals surface area contributed by atoms with Gasteiger partial charge in [-0.2, -0.15) is 13.2 Å². The molecule has 0 saturated heterocycles. The van der Waals surface area contributed by atoms with Crippen LogP contribution in [0.5, 0.6) is 0 Å². The zero-order valence-corrected chi connectivity index (χ0v) is 21.3. The highest BCUT2D eigenvalue weighted by molar-refractivity contribution is 6.08. The maximum Gasteiger partial charge on any atom is 0.416 e. The first-order valence-corrected chi connectivity index (χ1v) is 11.9. The van der Waals surface area contributed by atoms with Crippen molar-refractivity contribution in [2.45, 2.75) is 20.0 Å². The average Bonchev–Trinajstić information content (AvgIpc) is 2.90. The zero-order valence-electron chi connectivity index (χ0n) is 21.3. The summed E-state index contributed by atoms with van der Waals surface area (Å²) in [5, 5.41) is 10.9. The molecule has 4 rings (SSSR count). The van der Waals surface area contributed by atoms with E-state index in [-0.39, 0.29) is 28.7 Å². The van der Waals surface area contributed by atoms with Crippen LogP contribution in [0.4, 0.5) is 41.9 Å². The number of hydrogen-bond donors (Lipinski definition) is 4. The van der Waals surface area contributed by atoms with E-state index in [0.717, 1.165) is 18.2 Å². The lowest BCUT2D eigenvalue weighted by molar-refractivity contribution is -0.137. The molecular formula is C28H23F3N6O3. The number of carbonyl (C=O) groups is 3. The number of anilines is 5. The van der Waals surface area contributed by atoms with Gasteiger partial charge in [0.25, 0.3) is 11.8 Å². The Balaban J connectivity index is 1.42. The summed E-state index contributed by atoms with van der Waals surface area (Å²) >= 11 is 0. The minimum absolute atomic E-state index is 0.172. The highest BCUT2D eigenvalue weighted by atomic mass is 19.4. The molecule has 204 valence electrons. The van der Waals surface area contributed by atoms with Crippen molar-refractivity contribution in [3.63, 3.8) is 0 Å². The quantitative estimate of drug-likeness (QED) is 0.224. The number of amides is 3. The van der Waals surface area contributed by atoms with Crippen LogP contribution >= 0.6 is 0 Å². The lowest BCUT2D eigenvalue weighted by Gasteiger charge is -2.12. The first-order chi connectivity index (χ1) is 19.0. The van der Waals surface area contributed by atoms with Crippen molar-refractivity contribution >= 4 is 46.4 Å². The van der Waals surface area contributed by atoms with Crippen molar-refractivity contribution in [1.29, 1.82) is 0 Å². The number of hydrogen-bond acceptors (Lipinski definition) is 6. The summed E-state index contributed by atoms with van der Waals surface area (Å²) in [4.78, 5) is 45.1. The Kier molecular flexibility index (Phi) is 8.08. The Labute approximate surface area is 226 Å². The van der Waals surface area contributed by atoms with Gasteiger partial charge in [0, 0.05) is 35.1 Å². The molecule has 0 aliphatic rings. The molecule has 4 N–H and O–H groups in total. The van der Waals surface area contributed by atoms with E-state index in [4.69, 9.17) is 0 Å². The second-order valence-corrected chi connectivity index (χ2v) is 8.70. The van der Waals surface area contributed by atoms with Crippen molar-refractivity contribution in [2.24, 2.45) is 0 Å². The molecule has 0 radical (unpaired) electrons. The van der Waals surface area contributed by atoms with Crippen molar-refractivity contribution in [1.82, 2.24) is 9.97 Å². The third-order valence-electron chi connectivity index (χ3n) is 5.54. The molecule has 40 heavy (non-hydrogen) atoms. The van der Waals surface area contributed by atoms with Crippen LogP contribution in [0.2, 0.25) is 0 Å². The maximum atomic E-state index is 13.0. The maximum absolute atomic E-state index is 13.0. The summed E-state index contributed by atoms with van der Waals surface area (Å²) in [5.74, 6) is -1.19. The summed E-state index contributed by atoms with van der Waals surface area (Å²) in [6.07, 6.45) is -1.78. The standard InChI is InChI=1S/C28H23F3N6O3/c1-16-9-10-22(35-25(39)18-5-3-6-19(11-18)28(29,30)31)13-24(16)26(40)36-23-14-32-27(33-15-23)37-21-8-4-7-20(12-21)34-17(2)38/h3-15H,1-2H3,(H,34,38)(H,35,39)(H,36,40)(H,32,33,37). The van der Waals surface area contributed by atoms with Gasteiger partial charge >= 0.3 is 6.18 Å². The first-order valence-electron chi connectivity index (χ1n) is 11.9. The average molecular weight is 549 g/mol. The third kappa shape index (κ3) is 7.19. The Morgan fingerprint density at radius 3 is 2.08 bits per heavy atom. The lowest BCUT2D eigenvalue weighted by atomic mass is 10.1. The second-order valence-electron chi connectivity index (χ2n) is 8.70. The number of nitrogens with one attached hydrogen (secondary N) is 4. The molecule has 0 aliphatic carbocycles. The number of aryl methyl sites for hydroxylation is 1. The molecule has 0 aliphatic heterocycles. The Hall–Kier alpha value is -5.26. The minimum atomic E-state index is -4.58. The van der Waals surface area contributed by atoms with Crippen LogP contribution in [-0.4, -0.2) is 27.7 Å². The van der Waals surface area contributed by atoms with Gasteiger partial charge in [-0.25, -0.2) is 9.97 Å². The van der Waals surface area contributed by atoms with E-state index in [9.17, 15) is 27.6 Å². The highest BCUT2D eigenvalue weighted by Gasteiger charge is 2.31. The van der Waals surface area contributed by atoms with Gasteiger partial charge in [0.05, 0.1) is 23.6 Å². The molecule has 0 bridgehead atoms. The number of rotatable bonds is 7. The van der Waals surface area contributed by atoms with Gasteiger partial charge in [-0.3, -0.25) is 14.4 Å². The Bertz CT molecular complexity index is 1570. The van der Waals surface area contributed by atoms with Crippen LogP contribution in [0.3, 0.4) is 0 Å². The molecule has 0 fully saturated rings. The number of halogens is 3. The Morgan fingerprint density at radius 1 is 0.725 bits per heavy atom. The molecule has 3 aromatic carbocycles. The van der Waals surface area contributed by atoms with Crippen molar-refractivity contribution in [2.75, 3.05) is 21.3 Å². The van der Waals surface area contributed by atoms with E-state index in [1.54, 1.807) is 43.3 Å². The van der Waals surface area contributed by atoms with Crippen molar-refractivity contribution in [3.8, 4) is 0 Å². The summed E-state index contributed by atoms with van der Waals surface area (Å²) in [5.41, 5.74) is 1.51. The van der Waals surface area contributed by atoms with E-state index < -0.39 is 23.6 Å². The number of nitrogens with zero attached hydrogens (tertiary/aromatic N) is 2. The molecule has 0 atom stereocenters. The van der Waals surface area contributed by atoms with E-state index in [2.05, 4.69) is 31.2 Å². The summed E-state index contributed by atoms with van der Waals surface area (Å²) in [6, 6.07) is 15.6. The van der Waals surface area contributed by atoms with Crippen LogP contribution in [0, 0.1) is 6.92 Å². The summed E-state index contributed by atoms with van der Waals surface area (Å²) < 4.78 is 39.0. The summed E-state index contributed by atoms with van der Waals surface area (Å²) in [6.45, 7) is 3.11. The van der Waals surface area contributed by atoms with Crippen LogP contribution < -0.4 is 21.3 Å². The SMILES string of the molecule is CC(=O)Nc1cccc(Nc2ncc(NC(=O)c3cc(NC(=O)c4cccc(C(F)(F)F)c4)ccc3C)cn2)c1. The van der Waals surface area contributed by atoms with Crippen LogP contribution in [0.15, 0.2) is 79.1 Å². The van der Waals surface area contributed by atoms with Gasteiger partial charge in [0.2, 0.25) is 11.9 Å². The van der Waals surface area contributed by atoms with Crippen LogP contribution in [-0.2, 0) is 11.0 Å².